The molecule has 2 aromatic carbocycles. The summed E-state index contributed by atoms with van der Waals surface area (Å²) in [4.78, 5) is 28.1. The van der Waals surface area contributed by atoms with Gasteiger partial charge >= 0.3 is 0 Å². The molecule has 0 saturated heterocycles. The van der Waals surface area contributed by atoms with Gasteiger partial charge in [-0.25, -0.2) is 0 Å². The number of ether oxygens (including phenoxy) is 2. The number of nitrogens with zero attached hydrogens (tertiary/aromatic N) is 1. The molecule has 7 heteroatoms. The standard InChI is InChI=1S/C26H33ClN2O4/c1-3-24(26(31)28-21-9-5-4-6-10-21)29(17-19-8-7-11-23(16-19)32-2)25(30)18-33-22-14-12-20(27)13-15-22/h7-8,11-16,21,24H,3-6,9-10,17-18H2,1-2H3,(H,28,31). The third-order valence-electron chi connectivity index (χ3n) is 6.00. The maximum absolute atomic E-state index is 13.3. The molecule has 1 N–H and O–H groups in total. The highest BCUT2D eigenvalue weighted by Crippen LogP contribution is 2.21. The van der Waals surface area contributed by atoms with Gasteiger partial charge in [0.05, 0.1) is 7.11 Å². The van der Waals surface area contributed by atoms with Gasteiger partial charge in [-0.15, -0.1) is 0 Å². The van der Waals surface area contributed by atoms with Gasteiger partial charge in [0.1, 0.15) is 17.5 Å². The number of carbonyl (C=O) groups is 2. The number of amides is 2. The van der Waals surface area contributed by atoms with Gasteiger partial charge in [-0.1, -0.05) is 49.9 Å². The summed E-state index contributed by atoms with van der Waals surface area (Å²) in [5.41, 5.74) is 0.887. The topological polar surface area (TPSA) is 67.9 Å². The SMILES string of the molecule is CCC(C(=O)NC1CCCCC1)N(Cc1cccc(OC)c1)C(=O)COc1ccc(Cl)cc1. The quantitative estimate of drug-likeness (QED) is 0.529. The molecule has 1 unspecified atom stereocenters. The van der Waals surface area contributed by atoms with Gasteiger partial charge in [-0.3, -0.25) is 9.59 Å². The summed E-state index contributed by atoms with van der Waals surface area (Å²) in [5.74, 6) is 0.899. The van der Waals surface area contributed by atoms with Gasteiger partial charge in [0, 0.05) is 17.6 Å². The fourth-order valence-corrected chi connectivity index (χ4v) is 4.32. The van der Waals surface area contributed by atoms with Crippen LogP contribution in [0.3, 0.4) is 0 Å². The van der Waals surface area contributed by atoms with Crippen molar-refractivity contribution >= 4 is 23.4 Å². The molecule has 0 heterocycles. The second kappa shape index (κ2) is 12.5. The molecular weight excluding hydrogens is 440 g/mol. The lowest BCUT2D eigenvalue weighted by atomic mass is 9.95. The number of benzene rings is 2. The molecule has 0 aromatic heterocycles. The Morgan fingerprint density at radius 1 is 1.09 bits per heavy atom. The zero-order valence-corrected chi connectivity index (χ0v) is 20.1. The van der Waals surface area contributed by atoms with E-state index in [1.807, 2.05) is 31.2 Å². The number of rotatable bonds is 10. The Bertz CT molecular complexity index is 913. The maximum atomic E-state index is 13.3. The smallest absolute Gasteiger partial charge is 0.261 e. The Morgan fingerprint density at radius 3 is 2.48 bits per heavy atom. The highest BCUT2D eigenvalue weighted by molar-refractivity contribution is 6.30. The van der Waals surface area contributed by atoms with E-state index < -0.39 is 6.04 Å². The Labute approximate surface area is 201 Å². The van der Waals surface area contributed by atoms with Crippen LogP contribution < -0.4 is 14.8 Å². The number of carbonyl (C=O) groups excluding carboxylic acids is 2. The van der Waals surface area contributed by atoms with Gasteiger partial charge < -0.3 is 19.7 Å². The van der Waals surface area contributed by atoms with E-state index in [9.17, 15) is 9.59 Å². The Morgan fingerprint density at radius 2 is 1.82 bits per heavy atom. The summed E-state index contributed by atoms with van der Waals surface area (Å²) in [7, 11) is 1.61. The molecule has 1 aliphatic carbocycles. The highest BCUT2D eigenvalue weighted by atomic mass is 35.5. The first-order chi connectivity index (χ1) is 16.0. The second-order valence-corrected chi connectivity index (χ2v) is 8.82. The lowest BCUT2D eigenvalue weighted by molar-refractivity contribution is -0.143. The third-order valence-corrected chi connectivity index (χ3v) is 6.25. The van der Waals surface area contributed by atoms with Crippen molar-refractivity contribution in [2.75, 3.05) is 13.7 Å². The highest BCUT2D eigenvalue weighted by Gasteiger charge is 2.30. The molecule has 0 spiro atoms. The molecule has 6 nitrogen and oxygen atoms in total. The number of hydrogen-bond acceptors (Lipinski definition) is 4. The van der Waals surface area contributed by atoms with Crippen molar-refractivity contribution in [1.82, 2.24) is 10.2 Å². The third kappa shape index (κ3) is 7.39. The lowest BCUT2D eigenvalue weighted by Crippen LogP contribution is -2.52. The zero-order valence-electron chi connectivity index (χ0n) is 19.4. The summed E-state index contributed by atoms with van der Waals surface area (Å²) in [6.07, 6.45) is 5.96. The van der Waals surface area contributed by atoms with Crippen molar-refractivity contribution in [2.24, 2.45) is 0 Å². The van der Waals surface area contributed by atoms with Crippen molar-refractivity contribution in [3.05, 3.63) is 59.1 Å². The molecule has 178 valence electrons. The summed E-state index contributed by atoms with van der Waals surface area (Å²) < 4.78 is 11.0. The van der Waals surface area contributed by atoms with E-state index in [2.05, 4.69) is 5.32 Å². The molecule has 33 heavy (non-hydrogen) atoms. The molecule has 1 aliphatic rings. The number of nitrogens with one attached hydrogen (secondary N) is 1. The van der Waals surface area contributed by atoms with Crippen LogP contribution >= 0.6 is 11.6 Å². The van der Waals surface area contributed by atoms with Crippen LogP contribution in [0.1, 0.15) is 51.0 Å². The van der Waals surface area contributed by atoms with Crippen LogP contribution in [-0.2, 0) is 16.1 Å². The maximum Gasteiger partial charge on any atom is 0.261 e. The largest absolute Gasteiger partial charge is 0.497 e. The Balaban J connectivity index is 1.76. The van der Waals surface area contributed by atoms with Gasteiger partial charge in [0.2, 0.25) is 5.91 Å². The molecule has 1 fully saturated rings. The first-order valence-corrected chi connectivity index (χ1v) is 12.0. The van der Waals surface area contributed by atoms with Gasteiger partial charge in [-0.2, -0.15) is 0 Å². The molecule has 0 radical (unpaired) electrons. The molecule has 2 amide bonds. The van der Waals surface area contributed by atoms with Crippen LogP contribution in [0.5, 0.6) is 11.5 Å². The summed E-state index contributed by atoms with van der Waals surface area (Å²) >= 11 is 5.93. The van der Waals surface area contributed by atoms with E-state index in [1.165, 1.54) is 6.42 Å². The van der Waals surface area contributed by atoms with Gasteiger partial charge in [0.15, 0.2) is 6.61 Å². The van der Waals surface area contributed by atoms with E-state index in [-0.39, 0.29) is 31.0 Å². The lowest BCUT2D eigenvalue weighted by Gasteiger charge is -2.32. The van der Waals surface area contributed by atoms with E-state index >= 15 is 0 Å². The van der Waals surface area contributed by atoms with Crippen molar-refractivity contribution in [3.63, 3.8) is 0 Å². The minimum Gasteiger partial charge on any atom is -0.497 e. The molecular formula is C26H33ClN2O4. The fraction of sp³-hybridized carbons (Fsp3) is 0.462. The predicted octanol–water partition coefficient (Wildman–Crippen LogP) is 4.98. The van der Waals surface area contributed by atoms with Crippen LogP contribution in [-0.4, -0.2) is 42.5 Å². The van der Waals surface area contributed by atoms with Crippen molar-refractivity contribution < 1.29 is 19.1 Å². The molecule has 1 saturated carbocycles. The average molecular weight is 473 g/mol. The van der Waals surface area contributed by atoms with E-state index in [0.29, 0.717) is 22.9 Å². The minimum atomic E-state index is -0.584. The van der Waals surface area contributed by atoms with E-state index in [1.54, 1.807) is 36.3 Å². The number of methoxy groups -OCH3 is 1. The van der Waals surface area contributed by atoms with Crippen LogP contribution in [0.4, 0.5) is 0 Å². The molecule has 2 aromatic rings. The molecule has 3 rings (SSSR count). The Kier molecular flexibility index (Phi) is 9.43. The average Bonchev–Trinajstić information content (AvgIpc) is 2.84. The Hall–Kier alpha value is -2.73. The minimum absolute atomic E-state index is 0.105. The zero-order chi connectivity index (χ0) is 23.6. The molecule has 0 bridgehead atoms. The number of halogens is 1. The normalized spacial score (nSPS) is 14.9. The van der Waals surface area contributed by atoms with Crippen molar-refractivity contribution in [2.45, 2.75) is 64.1 Å². The predicted molar refractivity (Wildman–Crippen MR) is 130 cm³/mol. The van der Waals surface area contributed by atoms with E-state index in [4.69, 9.17) is 21.1 Å². The van der Waals surface area contributed by atoms with Crippen molar-refractivity contribution in [1.29, 1.82) is 0 Å². The molecule has 1 atom stereocenters. The fourth-order valence-electron chi connectivity index (χ4n) is 4.19. The second-order valence-electron chi connectivity index (χ2n) is 8.38. The van der Waals surface area contributed by atoms with E-state index in [0.717, 1.165) is 31.2 Å². The molecule has 0 aliphatic heterocycles. The van der Waals surface area contributed by atoms with Gasteiger partial charge in [-0.05, 0) is 61.2 Å². The van der Waals surface area contributed by atoms with Gasteiger partial charge in [0.25, 0.3) is 5.91 Å². The van der Waals surface area contributed by atoms with Crippen LogP contribution in [0.15, 0.2) is 48.5 Å². The first-order valence-electron chi connectivity index (χ1n) is 11.6. The summed E-state index contributed by atoms with van der Waals surface area (Å²) in [6.45, 7) is 2.05. The number of hydrogen-bond donors (Lipinski definition) is 1. The summed E-state index contributed by atoms with van der Waals surface area (Å²) in [6, 6.07) is 14.0. The monoisotopic (exact) mass is 472 g/mol. The van der Waals surface area contributed by atoms with Crippen LogP contribution in [0, 0.1) is 0 Å². The van der Waals surface area contributed by atoms with Crippen molar-refractivity contribution in [3.8, 4) is 11.5 Å². The first kappa shape index (κ1) is 24.9. The van der Waals surface area contributed by atoms with Crippen LogP contribution in [0.2, 0.25) is 5.02 Å². The van der Waals surface area contributed by atoms with Crippen LogP contribution in [0.25, 0.3) is 0 Å². The summed E-state index contributed by atoms with van der Waals surface area (Å²) in [5, 5.41) is 3.78.